The first-order valence-corrected chi connectivity index (χ1v) is 9.67. The van der Waals surface area contributed by atoms with E-state index in [0.29, 0.717) is 23.1 Å². The van der Waals surface area contributed by atoms with Gasteiger partial charge in [-0.3, -0.25) is 0 Å². The van der Waals surface area contributed by atoms with Crippen LogP contribution in [0, 0.1) is 0 Å². The maximum atomic E-state index is 11.3. The lowest BCUT2D eigenvalue weighted by atomic mass is 9.96. The minimum Gasteiger partial charge on any atom is -0.476 e. The molecule has 0 unspecified atom stereocenters. The molecule has 28 heavy (non-hydrogen) atoms. The van der Waals surface area contributed by atoms with E-state index >= 15 is 0 Å². The number of carboxylic acids is 1. The molecule has 9 heteroatoms. The van der Waals surface area contributed by atoms with Gasteiger partial charge in [0.05, 0.1) is 0 Å². The zero-order chi connectivity index (χ0) is 19.5. The Labute approximate surface area is 164 Å². The van der Waals surface area contributed by atoms with E-state index in [4.69, 9.17) is 0 Å². The number of hydrogen-bond donors (Lipinski definition) is 3. The number of benzene rings is 2. The van der Waals surface area contributed by atoms with Gasteiger partial charge in [0.25, 0.3) is 0 Å². The van der Waals surface area contributed by atoms with Gasteiger partial charge in [-0.2, -0.15) is 0 Å². The molecule has 0 atom stereocenters. The number of aromatic carboxylic acids is 1. The Kier molecular flexibility index (Phi) is 4.90. The Bertz CT molecular complexity index is 1110. The highest BCUT2D eigenvalue weighted by atomic mass is 32.2. The van der Waals surface area contributed by atoms with Crippen molar-refractivity contribution in [3.05, 3.63) is 65.6 Å². The Morgan fingerprint density at radius 2 is 1.96 bits per heavy atom. The lowest BCUT2D eigenvalue weighted by molar-refractivity contribution is 0.0687. The first-order chi connectivity index (χ1) is 13.7. The predicted molar refractivity (Wildman–Crippen MR) is 105 cm³/mol. The van der Waals surface area contributed by atoms with E-state index in [2.05, 4.69) is 30.6 Å². The van der Waals surface area contributed by atoms with Crippen LogP contribution in [0.2, 0.25) is 0 Å². The second-order valence-electron chi connectivity index (χ2n) is 6.05. The molecule has 0 bridgehead atoms. The topological polar surface area (TPSA) is 120 Å². The fourth-order valence-electron chi connectivity index (χ4n) is 3.01. The van der Waals surface area contributed by atoms with Crippen LogP contribution in [-0.2, 0) is 6.42 Å². The van der Waals surface area contributed by atoms with Crippen molar-refractivity contribution in [3.8, 4) is 22.5 Å². The molecule has 0 aliphatic carbocycles. The highest BCUT2D eigenvalue weighted by molar-refractivity contribution is 7.98. The van der Waals surface area contributed by atoms with Crippen LogP contribution in [0.1, 0.15) is 21.9 Å². The summed E-state index contributed by atoms with van der Waals surface area (Å²) in [5, 5.41) is 24.0. The molecular weight excluding hydrogens is 376 g/mol. The number of carbonyl (C=O) groups is 1. The quantitative estimate of drug-likeness (QED) is 0.431. The monoisotopic (exact) mass is 392 g/mol. The van der Waals surface area contributed by atoms with Crippen molar-refractivity contribution in [3.63, 3.8) is 0 Å². The van der Waals surface area contributed by atoms with Crippen molar-refractivity contribution in [1.82, 2.24) is 30.6 Å². The summed E-state index contributed by atoms with van der Waals surface area (Å²) in [6, 6.07) is 16.0. The Hall–Kier alpha value is -3.46. The Balaban J connectivity index is 1.74. The summed E-state index contributed by atoms with van der Waals surface area (Å²) in [5.74, 6) is 0.142. The fourth-order valence-corrected chi connectivity index (χ4v) is 3.56. The minimum atomic E-state index is -1.02. The van der Waals surface area contributed by atoms with Gasteiger partial charge in [0.15, 0.2) is 11.5 Å². The number of aromatic amines is 2. The lowest BCUT2D eigenvalue weighted by Gasteiger charge is -2.10. The van der Waals surface area contributed by atoms with E-state index in [0.717, 1.165) is 22.3 Å². The molecule has 2 aromatic heterocycles. The van der Waals surface area contributed by atoms with Crippen LogP contribution >= 0.6 is 11.8 Å². The summed E-state index contributed by atoms with van der Waals surface area (Å²) in [6.07, 6.45) is 2.26. The summed E-state index contributed by atoms with van der Waals surface area (Å²) in [6.45, 7) is 0. The van der Waals surface area contributed by atoms with Crippen LogP contribution < -0.4 is 0 Å². The molecule has 0 saturated carbocycles. The number of carboxylic acid groups (broad SMARTS) is 1. The average molecular weight is 392 g/mol. The zero-order valence-corrected chi connectivity index (χ0v) is 15.7. The van der Waals surface area contributed by atoms with Gasteiger partial charge in [-0.1, -0.05) is 42.5 Å². The largest absolute Gasteiger partial charge is 0.476 e. The summed E-state index contributed by atoms with van der Waals surface area (Å²) in [5.41, 5.74) is 3.99. The van der Waals surface area contributed by atoms with E-state index < -0.39 is 5.97 Å². The number of rotatable bonds is 6. The van der Waals surface area contributed by atoms with Gasteiger partial charge in [-0.15, -0.1) is 16.9 Å². The Morgan fingerprint density at radius 1 is 1.14 bits per heavy atom. The molecule has 4 rings (SSSR count). The standard InChI is InChI=1S/C19H16N6O2S/c1-28-18-16(19(26)27)20-15(21-18)10-11-7-8-13(12-5-3-2-4-6-12)14(9-11)17-22-24-25-23-17/h2-9H,10H2,1H3,(H,20,21)(H,26,27)(H,22,23,24,25). The average Bonchev–Trinajstić information content (AvgIpc) is 3.38. The van der Waals surface area contributed by atoms with Crippen molar-refractivity contribution in [2.45, 2.75) is 11.4 Å². The number of aromatic nitrogens is 6. The normalized spacial score (nSPS) is 10.9. The third kappa shape index (κ3) is 3.52. The molecule has 140 valence electrons. The number of thioether (sulfide) groups is 1. The van der Waals surface area contributed by atoms with Gasteiger partial charge < -0.3 is 10.1 Å². The van der Waals surface area contributed by atoms with Gasteiger partial charge in [-0.05, 0) is 39.4 Å². The molecule has 3 N–H and O–H groups in total. The van der Waals surface area contributed by atoms with Crippen LogP contribution in [0.4, 0.5) is 0 Å². The molecule has 2 aromatic carbocycles. The van der Waals surface area contributed by atoms with Crippen molar-refractivity contribution in [2.75, 3.05) is 6.26 Å². The van der Waals surface area contributed by atoms with Gasteiger partial charge >= 0.3 is 5.97 Å². The first kappa shape index (κ1) is 17.9. The van der Waals surface area contributed by atoms with Gasteiger partial charge in [0.1, 0.15) is 10.9 Å². The van der Waals surface area contributed by atoms with E-state index in [-0.39, 0.29) is 5.69 Å². The summed E-state index contributed by atoms with van der Waals surface area (Å²) in [4.78, 5) is 18.6. The third-order valence-electron chi connectivity index (χ3n) is 4.27. The molecule has 0 saturated heterocycles. The zero-order valence-electron chi connectivity index (χ0n) is 14.9. The number of tetrazole rings is 1. The van der Waals surface area contributed by atoms with Crippen LogP contribution in [0.15, 0.2) is 53.6 Å². The SMILES string of the molecule is CSc1nc(Cc2ccc(-c3ccccc3)c(-c3nnn[nH]3)c2)[nH]c1C(=O)O. The molecule has 4 aromatic rings. The van der Waals surface area contributed by atoms with Gasteiger partial charge in [-0.25, -0.2) is 14.9 Å². The van der Waals surface area contributed by atoms with Crippen LogP contribution in [0.3, 0.4) is 0 Å². The van der Waals surface area contributed by atoms with E-state index in [1.807, 2.05) is 48.5 Å². The van der Waals surface area contributed by atoms with Crippen LogP contribution in [0.5, 0.6) is 0 Å². The summed E-state index contributed by atoms with van der Waals surface area (Å²) < 4.78 is 0. The van der Waals surface area contributed by atoms with Crippen molar-refractivity contribution >= 4 is 17.7 Å². The summed E-state index contributed by atoms with van der Waals surface area (Å²) >= 11 is 1.30. The maximum Gasteiger partial charge on any atom is 0.355 e. The predicted octanol–water partition coefficient (Wildman–Crippen LogP) is 3.27. The highest BCUT2D eigenvalue weighted by Crippen LogP contribution is 2.31. The molecule has 0 fully saturated rings. The number of nitrogens with one attached hydrogen (secondary N) is 2. The summed E-state index contributed by atoms with van der Waals surface area (Å²) in [7, 11) is 0. The first-order valence-electron chi connectivity index (χ1n) is 8.44. The molecular formula is C19H16N6O2S. The van der Waals surface area contributed by atoms with Gasteiger partial charge in [0.2, 0.25) is 0 Å². The fraction of sp³-hybridized carbons (Fsp3) is 0.105. The third-order valence-corrected chi connectivity index (χ3v) is 4.95. The molecule has 2 heterocycles. The second kappa shape index (κ2) is 7.65. The number of H-pyrrole nitrogens is 2. The van der Waals surface area contributed by atoms with Crippen molar-refractivity contribution in [1.29, 1.82) is 0 Å². The number of nitrogens with zero attached hydrogens (tertiary/aromatic N) is 4. The van der Waals surface area contributed by atoms with E-state index in [1.54, 1.807) is 6.26 Å². The van der Waals surface area contributed by atoms with Crippen molar-refractivity contribution < 1.29 is 9.90 Å². The number of imidazole rings is 1. The lowest BCUT2D eigenvalue weighted by Crippen LogP contribution is -1.99. The maximum absolute atomic E-state index is 11.3. The van der Waals surface area contributed by atoms with Crippen molar-refractivity contribution in [2.24, 2.45) is 0 Å². The molecule has 0 aliphatic rings. The molecule has 0 radical (unpaired) electrons. The molecule has 0 amide bonds. The van der Waals surface area contributed by atoms with Gasteiger partial charge in [0, 0.05) is 12.0 Å². The number of hydrogen-bond acceptors (Lipinski definition) is 6. The Morgan fingerprint density at radius 3 is 2.61 bits per heavy atom. The minimum absolute atomic E-state index is 0.114. The van der Waals surface area contributed by atoms with E-state index in [9.17, 15) is 9.90 Å². The van der Waals surface area contributed by atoms with Crippen LogP contribution in [-0.4, -0.2) is 47.9 Å². The second-order valence-corrected chi connectivity index (χ2v) is 6.84. The molecule has 8 nitrogen and oxygen atoms in total. The molecule has 0 spiro atoms. The highest BCUT2D eigenvalue weighted by Gasteiger charge is 2.17. The molecule has 0 aliphatic heterocycles. The smallest absolute Gasteiger partial charge is 0.355 e. The van der Waals surface area contributed by atoms with Crippen LogP contribution in [0.25, 0.3) is 22.5 Å². The van der Waals surface area contributed by atoms with E-state index in [1.165, 1.54) is 11.8 Å².